The molecule has 2 heterocycles. The van der Waals surface area contributed by atoms with Crippen LogP contribution in [0.3, 0.4) is 0 Å². The summed E-state index contributed by atoms with van der Waals surface area (Å²) in [4.78, 5) is 28.9. The number of benzene rings is 1. The second kappa shape index (κ2) is 8.40. The Morgan fingerprint density at radius 1 is 1.19 bits per heavy atom. The van der Waals surface area contributed by atoms with Gasteiger partial charge in [0.2, 0.25) is 11.8 Å². The number of carbonyl (C=O) groups is 2. The lowest BCUT2D eigenvalue weighted by molar-refractivity contribution is -0.138. The molecule has 0 aliphatic carbocycles. The third-order valence-electron chi connectivity index (χ3n) is 5.14. The summed E-state index contributed by atoms with van der Waals surface area (Å²) in [5.41, 5.74) is 0.974. The van der Waals surface area contributed by atoms with Crippen molar-refractivity contribution in [2.75, 3.05) is 40.4 Å². The first-order valence-electron chi connectivity index (χ1n) is 9.13. The smallest absolute Gasteiger partial charge is 0.237 e. The third-order valence-corrected chi connectivity index (χ3v) is 5.14. The average molecular weight is 361 g/mol. The summed E-state index contributed by atoms with van der Waals surface area (Å²) >= 11 is 0. The summed E-state index contributed by atoms with van der Waals surface area (Å²) in [5, 5.41) is 2.89. The number of rotatable bonds is 6. The van der Waals surface area contributed by atoms with E-state index in [0.29, 0.717) is 19.6 Å². The number of nitrogens with one attached hydrogen (secondary N) is 1. The van der Waals surface area contributed by atoms with Crippen molar-refractivity contribution in [2.45, 2.75) is 31.8 Å². The van der Waals surface area contributed by atoms with Crippen molar-refractivity contribution in [1.82, 2.24) is 15.1 Å². The van der Waals surface area contributed by atoms with E-state index in [9.17, 15) is 9.59 Å². The number of nitrogens with zero attached hydrogens (tertiary/aromatic N) is 2. The summed E-state index contributed by atoms with van der Waals surface area (Å²) in [5.74, 6) is 1.44. The van der Waals surface area contributed by atoms with Crippen LogP contribution in [0.1, 0.15) is 24.8 Å². The Hall–Kier alpha value is -2.28. The van der Waals surface area contributed by atoms with Gasteiger partial charge in [0.25, 0.3) is 0 Å². The number of likely N-dealkylation sites (tertiary alicyclic amines) is 1. The maximum atomic E-state index is 12.5. The Labute approximate surface area is 154 Å². The van der Waals surface area contributed by atoms with Gasteiger partial charge in [0, 0.05) is 44.4 Å². The van der Waals surface area contributed by atoms with E-state index < -0.39 is 6.04 Å². The lowest BCUT2D eigenvalue weighted by atomic mass is 10.1. The highest BCUT2D eigenvalue weighted by molar-refractivity contribution is 5.89. The number of methoxy groups -OCH3 is 2. The van der Waals surface area contributed by atoms with Crippen LogP contribution in [0.5, 0.6) is 11.5 Å². The van der Waals surface area contributed by atoms with E-state index in [-0.39, 0.29) is 18.2 Å². The fraction of sp³-hybridized carbons (Fsp3) is 0.579. The van der Waals surface area contributed by atoms with Gasteiger partial charge in [0.1, 0.15) is 11.5 Å². The van der Waals surface area contributed by atoms with Crippen molar-refractivity contribution in [3.63, 3.8) is 0 Å². The van der Waals surface area contributed by atoms with Crippen molar-refractivity contribution in [3.8, 4) is 11.5 Å². The highest BCUT2D eigenvalue weighted by Crippen LogP contribution is 2.27. The number of hydrogen-bond donors (Lipinski definition) is 1. The van der Waals surface area contributed by atoms with Crippen LogP contribution < -0.4 is 14.8 Å². The fourth-order valence-electron chi connectivity index (χ4n) is 3.64. The van der Waals surface area contributed by atoms with Crippen molar-refractivity contribution in [1.29, 1.82) is 0 Å². The number of piperazine rings is 1. The molecule has 2 aliphatic rings. The predicted octanol–water partition coefficient (Wildman–Crippen LogP) is 1.02. The molecule has 0 bridgehead atoms. The van der Waals surface area contributed by atoms with Crippen LogP contribution in [-0.2, 0) is 16.1 Å². The first-order valence-corrected chi connectivity index (χ1v) is 9.13. The molecule has 1 atom stereocenters. The lowest BCUT2D eigenvalue weighted by Gasteiger charge is -2.35. The molecule has 2 fully saturated rings. The van der Waals surface area contributed by atoms with Crippen LogP contribution >= 0.6 is 0 Å². The third kappa shape index (κ3) is 4.09. The molecule has 142 valence electrons. The molecule has 0 spiro atoms. The number of carbonyl (C=O) groups excluding carboxylic acids is 2. The van der Waals surface area contributed by atoms with Crippen LogP contribution in [0.25, 0.3) is 0 Å². The molecular formula is C19H27N3O4. The standard InChI is InChI=1S/C19H27N3O4/c1-25-15-6-5-14(17(11-15)26-2)13-22-10-7-20-19(24)16(22)12-18(23)21-8-3-4-9-21/h5-6,11,16H,3-4,7-10,12-13H2,1-2H3,(H,20,24)/t16-/m1/s1. The normalized spacial score (nSPS) is 20.8. The number of hydrogen-bond acceptors (Lipinski definition) is 5. The summed E-state index contributed by atoms with van der Waals surface area (Å²) in [6, 6.07) is 5.23. The average Bonchev–Trinajstić information content (AvgIpc) is 3.19. The highest BCUT2D eigenvalue weighted by atomic mass is 16.5. The molecule has 2 amide bonds. The Morgan fingerprint density at radius 2 is 1.96 bits per heavy atom. The SMILES string of the molecule is COc1ccc(CN2CCNC(=O)[C@H]2CC(=O)N2CCCC2)c(OC)c1. The zero-order valence-corrected chi connectivity index (χ0v) is 15.5. The van der Waals surface area contributed by atoms with E-state index in [1.165, 1.54) is 0 Å². The summed E-state index contributed by atoms with van der Waals surface area (Å²) in [7, 11) is 3.24. The molecule has 7 heteroatoms. The molecule has 0 aromatic heterocycles. The van der Waals surface area contributed by atoms with Gasteiger partial charge in [0.15, 0.2) is 0 Å². The van der Waals surface area contributed by atoms with Gasteiger partial charge in [-0.15, -0.1) is 0 Å². The first-order chi connectivity index (χ1) is 12.6. The number of ether oxygens (including phenoxy) is 2. The van der Waals surface area contributed by atoms with Gasteiger partial charge < -0.3 is 19.7 Å². The van der Waals surface area contributed by atoms with Crippen LogP contribution in [0.4, 0.5) is 0 Å². The molecule has 0 radical (unpaired) electrons. The maximum Gasteiger partial charge on any atom is 0.237 e. The minimum atomic E-state index is -0.441. The van der Waals surface area contributed by atoms with E-state index in [2.05, 4.69) is 10.2 Å². The predicted molar refractivity (Wildman–Crippen MR) is 97.2 cm³/mol. The van der Waals surface area contributed by atoms with Gasteiger partial charge in [-0.25, -0.2) is 0 Å². The van der Waals surface area contributed by atoms with Crippen LogP contribution in [-0.4, -0.2) is 68.1 Å². The van der Waals surface area contributed by atoms with Crippen molar-refractivity contribution < 1.29 is 19.1 Å². The van der Waals surface area contributed by atoms with Crippen LogP contribution in [0.2, 0.25) is 0 Å². The molecule has 7 nitrogen and oxygen atoms in total. The zero-order valence-electron chi connectivity index (χ0n) is 15.5. The first kappa shape index (κ1) is 18.5. The van der Waals surface area contributed by atoms with Gasteiger partial charge in [-0.3, -0.25) is 14.5 Å². The maximum absolute atomic E-state index is 12.5. The molecular weight excluding hydrogens is 334 g/mol. The monoisotopic (exact) mass is 361 g/mol. The van der Waals surface area contributed by atoms with Gasteiger partial charge in [0.05, 0.1) is 26.7 Å². The minimum Gasteiger partial charge on any atom is -0.497 e. The Balaban J connectivity index is 1.73. The minimum absolute atomic E-state index is 0.0660. The lowest BCUT2D eigenvalue weighted by Crippen LogP contribution is -2.56. The van der Waals surface area contributed by atoms with Gasteiger partial charge in [-0.1, -0.05) is 6.07 Å². The van der Waals surface area contributed by atoms with Crippen molar-refractivity contribution >= 4 is 11.8 Å². The van der Waals surface area contributed by atoms with Gasteiger partial charge in [-0.05, 0) is 18.9 Å². The Bertz CT molecular complexity index is 658. The molecule has 0 saturated carbocycles. The molecule has 1 aromatic carbocycles. The topological polar surface area (TPSA) is 71.1 Å². The van der Waals surface area contributed by atoms with E-state index in [4.69, 9.17) is 9.47 Å². The van der Waals surface area contributed by atoms with Crippen molar-refractivity contribution in [2.24, 2.45) is 0 Å². The second-order valence-corrected chi connectivity index (χ2v) is 6.75. The molecule has 2 saturated heterocycles. The van der Waals surface area contributed by atoms with Gasteiger partial charge >= 0.3 is 0 Å². The van der Waals surface area contributed by atoms with Crippen LogP contribution in [0.15, 0.2) is 18.2 Å². The Morgan fingerprint density at radius 3 is 2.65 bits per heavy atom. The fourth-order valence-corrected chi connectivity index (χ4v) is 3.64. The molecule has 26 heavy (non-hydrogen) atoms. The molecule has 2 aliphatic heterocycles. The van der Waals surface area contributed by atoms with Crippen molar-refractivity contribution in [3.05, 3.63) is 23.8 Å². The van der Waals surface area contributed by atoms with E-state index in [1.54, 1.807) is 14.2 Å². The van der Waals surface area contributed by atoms with E-state index in [0.717, 1.165) is 43.0 Å². The Kier molecular flexibility index (Phi) is 5.98. The number of amides is 2. The van der Waals surface area contributed by atoms with E-state index in [1.807, 2.05) is 23.1 Å². The zero-order chi connectivity index (χ0) is 18.5. The second-order valence-electron chi connectivity index (χ2n) is 6.75. The summed E-state index contributed by atoms with van der Waals surface area (Å²) < 4.78 is 10.7. The molecule has 1 aromatic rings. The molecule has 0 unspecified atom stereocenters. The summed E-state index contributed by atoms with van der Waals surface area (Å²) in [6.07, 6.45) is 2.33. The summed E-state index contributed by atoms with van der Waals surface area (Å²) in [6.45, 7) is 3.46. The van der Waals surface area contributed by atoms with E-state index >= 15 is 0 Å². The quantitative estimate of drug-likeness (QED) is 0.819. The molecule has 3 rings (SSSR count). The molecule has 1 N–H and O–H groups in total. The largest absolute Gasteiger partial charge is 0.497 e. The van der Waals surface area contributed by atoms with Crippen LogP contribution in [0, 0.1) is 0 Å². The van der Waals surface area contributed by atoms with Gasteiger partial charge in [-0.2, -0.15) is 0 Å². The highest BCUT2D eigenvalue weighted by Gasteiger charge is 2.33.